The predicted molar refractivity (Wildman–Crippen MR) is 114 cm³/mol. The number of ether oxygens (including phenoxy) is 3. The van der Waals surface area contributed by atoms with E-state index in [0.717, 1.165) is 0 Å². The van der Waals surface area contributed by atoms with E-state index in [0.29, 0.717) is 53.8 Å². The van der Waals surface area contributed by atoms with E-state index in [1.54, 1.807) is 47.1 Å². The summed E-state index contributed by atoms with van der Waals surface area (Å²) < 4.78 is 15.0. The number of nitrogens with zero attached hydrogens (tertiary/aromatic N) is 2. The molecule has 0 N–H and O–H groups in total. The molecular formula is C22H23ClN2O6. The van der Waals surface area contributed by atoms with Crippen LogP contribution in [-0.2, 0) is 4.74 Å². The molecule has 0 bridgehead atoms. The number of piperazine rings is 1. The zero-order valence-corrected chi connectivity index (χ0v) is 18.1. The van der Waals surface area contributed by atoms with Crippen molar-refractivity contribution in [3.63, 3.8) is 0 Å². The summed E-state index contributed by atoms with van der Waals surface area (Å²) in [5, 5.41) is 0.452. The molecule has 0 aromatic heterocycles. The number of amides is 2. The maximum Gasteiger partial charge on any atom is 0.513 e. The van der Waals surface area contributed by atoms with Crippen molar-refractivity contribution in [3.05, 3.63) is 58.6 Å². The van der Waals surface area contributed by atoms with Gasteiger partial charge in [0, 0.05) is 36.8 Å². The molecule has 0 spiro atoms. The molecule has 9 heteroatoms. The number of carbonyl (C=O) groups is 3. The number of carbonyl (C=O) groups excluding carboxylic acids is 3. The van der Waals surface area contributed by atoms with Crippen LogP contribution in [0.3, 0.4) is 0 Å². The largest absolute Gasteiger partial charge is 0.513 e. The summed E-state index contributed by atoms with van der Waals surface area (Å²) in [6.45, 7) is 3.48. The first-order chi connectivity index (χ1) is 14.9. The van der Waals surface area contributed by atoms with Gasteiger partial charge < -0.3 is 24.0 Å². The molecule has 1 aliphatic rings. The monoisotopic (exact) mass is 446 g/mol. The van der Waals surface area contributed by atoms with Crippen molar-refractivity contribution >= 4 is 29.6 Å². The molecule has 1 heterocycles. The Morgan fingerprint density at radius 3 is 2.13 bits per heavy atom. The van der Waals surface area contributed by atoms with Crippen LogP contribution in [0.15, 0.2) is 42.5 Å². The lowest BCUT2D eigenvalue weighted by Crippen LogP contribution is -2.50. The van der Waals surface area contributed by atoms with Gasteiger partial charge in [0.15, 0.2) is 0 Å². The topological polar surface area (TPSA) is 85.4 Å². The van der Waals surface area contributed by atoms with Crippen LogP contribution in [0.4, 0.5) is 4.79 Å². The van der Waals surface area contributed by atoms with Gasteiger partial charge in [-0.1, -0.05) is 11.6 Å². The zero-order chi connectivity index (χ0) is 22.4. The van der Waals surface area contributed by atoms with Gasteiger partial charge in [-0.15, -0.1) is 0 Å². The Labute approximate surface area is 185 Å². The Kier molecular flexibility index (Phi) is 7.36. The van der Waals surface area contributed by atoms with Crippen LogP contribution in [0.2, 0.25) is 5.02 Å². The predicted octanol–water partition coefficient (Wildman–Crippen LogP) is 3.48. The van der Waals surface area contributed by atoms with E-state index in [9.17, 15) is 14.4 Å². The third kappa shape index (κ3) is 5.46. The van der Waals surface area contributed by atoms with Crippen LogP contribution in [0.1, 0.15) is 27.6 Å². The van der Waals surface area contributed by atoms with Crippen molar-refractivity contribution < 1.29 is 28.6 Å². The Hall–Kier alpha value is -3.26. The number of methoxy groups -OCH3 is 1. The summed E-state index contributed by atoms with van der Waals surface area (Å²) in [5.41, 5.74) is 0.861. The van der Waals surface area contributed by atoms with Gasteiger partial charge in [0.25, 0.3) is 11.8 Å². The number of halogens is 1. The zero-order valence-electron chi connectivity index (χ0n) is 17.3. The minimum atomic E-state index is -0.793. The van der Waals surface area contributed by atoms with Gasteiger partial charge in [-0.25, -0.2) is 4.79 Å². The fraction of sp³-hybridized carbons (Fsp3) is 0.318. The number of benzene rings is 2. The average molecular weight is 447 g/mol. The summed E-state index contributed by atoms with van der Waals surface area (Å²) in [5.74, 6) is 0.404. The highest BCUT2D eigenvalue weighted by Crippen LogP contribution is 2.25. The minimum absolute atomic E-state index is 0.157. The summed E-state index contributed by atoms with van der Waals surface area (Å²) in [4.78, 5) is 40.4. The molecular weight excluding hydrogens is 424 g/mol. The highest BCUT2D eigenvalue weighted by Gasteiger charge is 2.27. The maximum atomic E-state index is 12.9. The molecule has 0 unspecified atom stereocenters. The summed E-state index contributed by atoms with van der Waals surface area (Å²) in [6, 6.07) is 11.2. The maximum absolute atomic E-state index is 12.9. The molecule has 0 aliphatic carbocycles. The molecule has 0 saturated carbocycles. The van der Waals surface area contributed by atoms with Crippen LogP contribution in [0.25, 0.3) is 0 Å². The lowest BCUT2D eigenvalue weighted by molar-refractivity contribution is 0.0533. The second kappa shape index (κ2) is 10.2. The molecule has 0 atom stereocenters. The molecule has 2 aromatic carbocycles. The Bertz CT molecular complexity index is 955. The van der Waals surface area contributed by atoms with Gasteiger partial charge in [0.05, 0.1) is 19.3 Å². The van der Waals surface area contributed by atoms with Crippen molar-refractivity contribution in [2.75, 3.05) is 39.9 Å². The lowest BCUT2D eigenvalue weighted by atomic mass is 10.1. The number of rotatable bonds is 5. The molecule has 1 saturated heterocycles. The molecule has 0 radical (unpaired) electrons. The normalized spacial score (nSPS) is 13.5. The van der Waals surface area contributed by atoms with Crippen molar-refractivity contribution in [2.24, 2.45) is 0 Å². The Morgan fingerprint density at radius 2 is 1.55 bits per heavy atom. The minimum Gasteiger partial charge on any atom is -0.496 e. The molecule has 164 valence electrons. The van der Waals surface area contributed by atoms with Gasteiger partial charge >= 0.3 is 6.16 Å². The molecule has 31 heavy (non-hydrogen) atoms. The smallest absolute Gasteiger partial charge is 0.496 e. The first-order valence-corrected chi connectivity index (χ1v) is 10.2. The van der Waals surface area contributed by atoms with Gasteiger partial charge in [0.1, 0.15) is 11.5 Å². The van der Waals surface area contributed by atoms with Crippen LogP contribution < -0.4 is 9.47 Å². The van der Waals surface area contributed by atoms with E-state index in [2.05, 4.69) is 0 Å². The number of hydrogen-bond donors (Lipinski definition) is 0. The fourth-order valence-corrected chi connectivity index (χ4v) is 3.39. The molecule has 2 aromatic rings. The van der Waals surface area contributed by atoms with Crippen LogP contribution >= 0.6 is 11.6 Å². The molecule has 1 fully saturated rings. The molecule has 3 rings (SSSR count). The van der Waals surface area contributed by atoms with Gasteiger partial charge in [0.2, 0.25) is 0 Å². The van der Waals surface area contributed by atoms with E-state index >= 15 is 0 Å². The summed E-state index contributed by atoms with van der Waals surface area (Å²) in [7, 11) is 1.50. The standard InChI is InChI=1S/C22H23ClN2O6/c1-3-30-22(28)31-17-7-4-15(5-8-17)20(26)24-10-12-25(13-11-24)21(27)18-14-16(23)6-9-19(18)29-2/h4-9,14H,3,10-13H2,1-2H3. The van der Waals surface area contributed by atoms with Gasteiger partial charge in [-0.2, -0.15) is 0 Å². The van der Waals surface area contributed by atoms with Crippen LogP contribution in [0.5, 0.6) is 11.5 Å². The van der Waals surface area contributed by atoms with E-state index in [4.69, 9.17) is 25.8 Å². The van der Waals surface area contributed by atoms with Crippen molar-refractivity contribution in [1.29, 1.82) is 0 Å². The Balaban J connectivity index is 1.59. The number of hydrogen-bond acceptors (Lipinski definition) is 6. The molecule has 1 aliphatic heterocycles. The van der Waals surface area contributed by atoms with Crippen LogP contribution in [-0.4, -0.2) is 67.7 Å². The summed E-state index contributed by atoms with van der Waals surface area (Å²) in [6.07, 6.45) is -0.793. The SMILES string of the molecule is CCOC(=O)Oc1ccc(C(=O)N2CCN(C(=O)c3cc(Cl)ccc3OC)CC2)cc1. The van der Waals surface area contributed by atoms with E-state index in [1.807, 2.05) is 0 Å². The summed E-state index contributed by atoms with van der Waals surface area (Å²) >= 11 is 6.03. The quantitative estimate of drug-likeness (QED) is 0.516. The first kappa shape index (κ1) is 22.4. The fourth-order valence-electron chi connectivity index (χ4n) is 3.22. The highest BCUT2D eigenvalue weighted by atomic mass is 35.5. The average Bonchev–Trinajstić information content (AvgIpc) is 2.79. The van der Waals surface area contributed by atoms with E-state index in [1.165, 1.54) is 19.2 Å². The second-order valence-corrected chi connectivity index (χ2v) is 7.17. The third-order valence-electron chi connectivity index (χ3n) is 4.81. The lowest BCUT2D eigenvalue weighted by Gasteiger charge is -2.35. The van der Waals surface area contributed by atoms with Crippen molar-refractivity contribution in [2.45, 2.75) is 6.92 Å². The molecule has 2 amide bonds. The van der Waals surface area contributed by atoms with E-state index in [-0.39, 0.29) is 18.4 Å². The first-order valence-electron chi connectivity index (χ1n) is 9.79. The van der Waals surface area contributed by atoms with Gasteiger partial charge in [-0.3, -0.25) is 9.59 Å². The highest BCUT2D eigenvalue weighted by molar-refractivity contribution is 6.31. The third-order valence-corrected chi connectivity index (χ3v) is 5.05. The molecule has 8 nitrogen and oxygen atoms in total. The van der Waals surface area contributed by atoms with Gasteiger partial charge in [-0.05, 0) is 49.4 Å². The van der Waals surface area contributed by atoms with Crippen LogP contribution in [0, 0.1) is 0 Å². The van der Waals surface area contributed by atoms with E-state index < -0.39 is 6.16 Å². The van der Waals surface area contributed by atoms with Crippen molar-refractivity contribution in [1.82, 2.24) is 9.80 Å². The van der Waals surface area contributed by atoms with Crippen molar-refractivity contribution in [3.8, 4) is 11.5 Å². The Morgan fingerprint density at radius 1 is 0.935 bits per heavy atom. The second-order valence-electron chi connectivity index (χ2n) is 6.74.